The monoisotopic (exact) mass is 520 g/mol. The number of thiazole rings is 1. The lowest BCUT2D eigenvalue weighted by Crippen LogP contribution is -1.99. The lowest BCUT2D eigenvalue weighted by molar-refractivity contribution is 0.892. The Kier molecular flexibility index (Phi) is 6.69. The van der Waals surface area contributed by atoms with E-state index >= 15 is 0 Å². The quantitative estimate of drug-likeness (QED) is 0.206. The first-order valence-corrected chi connectivity index (χ1v) is 13.5. The average molecular weight is 521 g/mol. The Morgan fingerprint density at radius 1 is 0.769 bits per heavy atom. The van der Waals surface area contributed by atoms with Crippen molar-refractivity contribution in [1.82, 2.24) is 14.8 Å². The molecule has 0 bridgehead atoms. The second kappa shape index (κ2) is 10.7. The van der Waals surface area contributed by atoms with Crippen molar-refractivity contribution in [2.45, 2.75) is 6.92 Å². The molecular weight excluding hydrogens is 496 g/mol. The number of benzene rings is 4. The fourth-order valence-corrected chi connectivity index (χ4v) is 5.21. The Balaban J connectivity index is 1.32. The molecule has 0 aliphatic heterocycles. The highest BCUT2D eigenvalue weighted by Gasteiger charge is 2.14. The summed E-state index contributed by atoms with van der Waals surface area (Å²) in [5.41, 5.74) is 9.65. The fraction of sp³-hybridized carbons (Fsp3) is 0.0294. The summed E-state index contributed by atoms with van der Waals surface area (Å²) in [6, 6.07) is 41.3. The minimum Gasteiger partial charge on any atom is -0.235 e. The number of hydrogen-bond acceptors (Lipinski definition) is 4. The SMILES string of the molecule is Cc1ccc(-c2csc(C(C#N)=Cc3ccc(-n4nc(-c5ccccc5)cc4-c4ccccc4)cc3)n2)cc1. The molecule has 2 heterocycles. The van der Waals surface area contributed by atoms with Gasteiger partial charge < -0.3 is 0 Å². The molecule has 0 aliphatic rings. The van der Waals surface area contributed by atoms with Crippen LogP contribution in [-0.4, -0.2) is 14.8 Å². The van der Waals surface area contributed by atoms with Crippen LogP contribution >= 0.6 is 11.3 Å². The van der Waals surface area contributed by atoms with Crippen molar-refractivity contribution < 1.29 is 0 Å². The van der Waals surface area contributed by atoms with Gasteiger partial charge >= 0.3 is 0 Å². The van der Waals surface area contributed by atoms with E-state index in [0.717, 1.165) is 45.0 Å². The predicted molar refractivity (Wildman–Crippen MR) is 160 cm³/mol. The average Bonchev–Trinajstić information content (AvgIpc) is 3.66. The van der Waals surface area contributed by atoms with E-state index in [-0.39, 0.29) is 0 Å². The first-order valence-electron chi connectivity index (χ1n) is 12.6. The predicted octanol–water partition coefficient (Wildman–Crippen LogP) is 8.70. The van der Waals surface area contributed by atoms with E-state index in [1.807, 2.05) is 76.8 Å². The largest absolute Gasteiger partial charge is 0.235 e. The molecule has 0 atom stereocenters. The number of hydrogen-bond donors (Lipinski definition) is 0. The maximum Gasteiger partial charge on any atom is 0.134 e. The van der Waals surface area contributed by atoms with Gasteiger partial charge in [-0.1, -0.05) is 103 Å². The van der Waals surface area contributed by atoms with Crippen LogP contribution in [0.5, 0.6) is 0 Å². The van der Waals surface area contributed by atoms with Gasteiger partial charge in [0.05, 0.1) is 28.3 Å². The normalized spacial score (nSPS) is 11.3. The summed E-state index contributed by atoms with van der Waals surface area (Å²) in [7, 11) is 0. The molecule has 6 rings (SSSR count). The Morgan fingerprint density at radius 2 is 1.41 bits per heavy atom. The minimum atomic E-state index is 0.543. The summed E-state index contributed by atoms with van der Waals surface area (Å²) in [6.45, 7) is 2.06. The van der Waals surface area contributed by atoms with Gasteiger partial charge in [0, 0.05) is 22.1 Å². The van der Waals surface area contributed by atoms with Crippen molar-refractivity contribution in [3.63, 3.8) is 0 Å². The standard InChI is InChI=1S/C34H24N4S/c1-24-12-16-27(17-13-24)32-23-39-34(36-32)29(22-35)20-25-14-18-30(19-15-25)38-33(28-10-6-3-7-11-28)21-31(37-38)26-8-4-2-5-9-26/h2-21,23H,1H3. The third kappa shape index (κ3) is 5.19. The van der Waals surface area contributed by atoms with E-state index in [4.69, 9.17) is 10.1 Å². The number of nitrogens with zero attached hydrogens (tertiary/aromatic N) is 4. The van der Waals surface area contributed by atoms with Gasteiger partial charge in [0.2, 0.25) is 0 Å². The Morgan fingerprint density at radius 3 is 2.08 bits per heavy atom. The lowest BCUT2D eigenvalue weighted by atomic mass is 10.1. The number of nitriles is 1. The summed E-state index contributed by atoms with van der Waals surface area (Å²) in [5.74, 6) is 0. The van der Waals surface area contributed by atoms with Crippen LogP contribution < -0.4 is 0 Å². The van der Waals surface area contributed by atoms with Crippen molar-refractivity contribution in [3.8, 4) is 45.5 Å². The zero-order valence-corrected chi connectivity index (χ0v) is 22.1. The highest BCUT2D eigenvalue weighted by Crippen LogP contribution is 2.30. The van der Waals surface area contributed by atoms with Crippen molar-refractivity contribution in [3.05, 3.63) is 137 Å². The van der Waals surface area contributed by atoms with E-state index in [1.54, 1.807) is 0 Å². The molecule has 0 N–H and O–H groups in total. The van der Waals surface area contributed by atoms with Crippen LogP contribution in [-0.2, 0) is 0 Å². The van der Waals surface area contributed by atoms with E-state index < -0.39 is 0 Å². The van der Waals surface area contributed by atoms with Crippen molar-refractivity contribution in [2.24, 2.45) is 0 Å². The fourth-order valence-electron chi connectivity index (χ4n) is 4.42. The Hall–Kier alpha value is -5.05. The van der Waals surface area contributed by atoms with Crippen LogP contribution in [0.2, 0.25) is 0 Å². The Bertz CT molecular complexity index is 1790. The number of aromatic nitrogens is 3. The molecule has 6 aromatic rings. The number of aryl methyl sites for hydroxylation is 1. The summed E-state index contributed by atoms with van der Waals surface area (Å²) in [6.07, 6.45) is 1.89. The molecule has 0 unspecified atom stereocenters. The molecule has 0 spiro atoms. The molecular formula is C34H24N4S. The zero-order valence-electron chi connectivity index (χ0n) is 21.3. The van der Waals surface area contributed by atoms with Crippen LogP contribution in [0.4, 0.5) is 0 Å². The van der Waals surface area contributed by atoms with Gasteiger partial charge in [-0.3, -0.25) is 0 Å². The van der Waals surface area contributed by atoms with E-state index in [0.29, 0.717) is 10.6 Å². The molecule has 2 aromatic heterocycles. The molecule has 186 valence electrons. The second-order valence-corrected chi connectivity index (χ2v) is 10.1. The maximum absolute atomic E-state index is 9.90. The van der Waals surface area contributed by atoms with Crippen LogP contribution in [0.1, 0.15) is 16.1 Å². The van der Waals surface area contributed by atoms with Gasteiger partial charge in [0.15, 0.2) is 0 Å². The number of allylic oxidation sites excluding steroid dienone is 1. The van der Waals surface area contributed by atoms with Gasteiger partial charge in [0.25, 0.3) is 0 Å². The highest BCUT2D eigenvalue weighted by atomic mass is 32.1. The topological polar surface area (TPSA) is 54.5 Å². The summed E-state index contributed by atoms with van der Waals surface area (Å²) >= 11 is 1.48. The molecule has 4 aromatic carbocycles. The van der Waals surface area contributed by atoms with Gasteiger partial charge in [-0.15, -0.1) is 11.3 Å². The van der Waals surface area contributed by atoms with Crippen LogP contribution in [0.15, 0.2) is 121 Å². The maximum atomic E-state index is 9.90. The molecule has 5 heteroatoms. The summed E-state index contributed by atoms with van der Waals surface area (Å²) < 4.78 is 1.98. The van der Waals surface area contributed by atoms with Crippen molar-refractivity contribution in [1.29, 1.82) is 5.26 Å². The third-order valence-corrected chi connectivity index (χ3v) is 7.38. The first kappa shape index (κ1) is 24.3. The second-order valence-electron chi connectivity index (χ2n) is 9.22. The smallest absolute Gasteiger partial charge is 0.134 e. The molecule has 0 saturated carbocycles. The minimum absolute atomic E-state index is 0.543. The highest BCUT2D eigenvalue weighted by molar-refractivity contribution is 7.11. The summed E-state index contributed by atoms with van der Waals surface area (Å²) in [4.78, 5) is 4.73. The van der Waals surface area contributed by atoms with Gasteiger partial charge in [0.1, 0.15) is 11.1 Å². The van der Waals surface area contributed by atoms with E-state index in [9.17, 15) is 5.26 Å². The third-order valence-electron chi connectivity index (χ3n) is 6.50. The van der Waals surface area contributed by atoms with Gasteiger partial charge in [-0.25, -0.2) is 9.67 Å². The van der Waals surface area contributed by atoms with Crippen molar-refractivity contribution in [2.75, 3.05) is 0 Å². The number of rotatable bonds is 6. The lowest BCUT2D eigenvalue weighted by Gasteiger charge is -2.08. The molecule has 39 heavy (non-hydrogen) atoms. The molecule has 0 amide bonds. The van der Waals surface area contributed by atoms with Crippen LogP contribution in [0, 0.1) is 18.3 Å². The molecule has 0 saturated heterocycles. The summed E-state index contributed by atoms with van der Waals surface area (Å²) in [5, 5.41) is 17.6. The van der Waals surface area contributed by atoms with Crippen LogP contribution in [0.25, 0.3) is 51.1 Å². The van der Waals surface area contributed by atoms with E-state index in [2.05, 4.69) is 67.6 Å². The van der Waals surface area contributed by atoms with Crippen molar-refractivity contribution >= 4 is 23.0 Å². The molecule has 0 radical (unpaired) electrons. The molecule has 4 nitrogen and oxygen atoms in total. The van der Waals surface area contributed by atoms with E-state index in [1.165, 1.54) is 16.9 Å². The van der Waals surface area contributed by atoms with Crippen LogP contribution in [0.3, 0.4) is 0 Å². The zero-order chi connectivity index (χ0) is 26.6. The van der Waals surface area contributed by atoms with Gasteiger partial charge in [-0.2, -0.15) is 10.4 Å². The molecule has 0 aliphatic carbocycles. The van der Waals surface area contributed by atoms with Gasteiger partial charge in [-0.05, 0) is 36.8 Å². The Labute approximate surface area is 231 Å². The first-order chi connectivity index (χ1) is 19.2. The molecule has 0 fully saturated rings.